The van der Waals surface area contributed by atoms with Crippen molar-refractivity contribution in [1.82, 2.24) is 4.57 Å². The fourth-order valence-corrected chi connectivity index (χ4v) is 2.51. The summed E-state index contributed by atoms with van der Waals surface area (Å²) in [4.78, 5) is 24.4. The van der Waals surface area contributed by atoms with E-state index in [4.69, 9.17) is 5.73 Å². The number of nitrogen functional groups attached to an aromatic ring is 1. The van der Waals surface area contributed by atoms with Crippen LogP contribution in [-0.2, 0) is 11.3 Å². The molecule has 3 N–H and O–H groups in total. The maximum atomic E-state index is 11.9. The zero-order valence-corrected chi connectivity index (χ0v) is 11.6. The van der Waals surface area contributed by atoms with E-state index in [0.29, 0.717) is 11.4 Å². The number of amides is 1. The minimum atomic E-state index is -0.229. The van der Waals surface area contributed by atoms with Gasteiger partial charge in [-0.05, 0) is 38.1 Å². The second-order valence-electron chi connectivity index (χ2n) is 4.27. The summed E-state index contributed by atoms with van der Waals surface area (Å²) < 4.78 is 1.48. The van der Waals surface area contributed by atoms with Gasteiger partial charge < -0.3 is 11.1 Å². The molecule has 0 saturated heterocycles. The highest BCUT2D eigenvalue weighted by molar-refractivity contribution is 7.09. The Bertz CT molecular complexity index is 656. The van der Waals surface area contributed by atoms with Gasteiger partial charge in [0.2, 0.25) is 5.91 Å². The van der Waals surface area contributed by atoms with Crippen molar-refractivity contribution in [1.29, 1.82) is 0 Å². The van der Waals surface area contributed by atoms with Gasteiger partial charge in [0.15, 0.2) is 0 Å². The highest BCUT2D eigenvalue weighted by atomic mass is 32.1. The number of rotatable bonds is 3. The van der Waals surface area contributed by atoms with Crippen LogP contribution in [0.4, 0.5) is 11.4 Å². The Morgan fingerprint density at radius 3 is 2.47 bits per heavy atom. The van der Waals surface area contributed by atoms with Crippen LogP contribution in [-0.4, -0.2) is 10.5 Å². The Kier molecular flexibility index (Phi) is 3.71. The molecule has 19 heavy (non-hydrogen) atoms. The van der Waals surface area contributed by atoms with Crippen molar-refractivity contribution in [2.45, 2.75) is 20.4 Å². The van der Waals surface area contributed by atoms with Crippen molar-refractivity contribution in [2.75, 3.05) is 11.1 Å². The average Bonchev–Trinajstić information content (AvgIpc) is 2.59. The van der Waals surface area contributed by atoms with Gasteiger partial charge in [-0.3, -0.25) is 14.2 Å². The van der Waals surface area contributed by atoms with Crippen molar-refractivity contribution in [2.24, 2.45) is 0 Å². The maximum Gasteiger partial charge on any atom is 0.308 e. The van der Waals surface area contributed by atoms with Crippen molar-refractivity contribution < 1.29 is 4.79 Å². The number of nitrogens with one attached hydrogen (secondary N) is 1. The first kappa shape index (κ1) is 13.4. The zero-order valence-electron chi connectivity index (χ0n) is 10.8. The molecular formula is C13H15N3O2S. The Morgan fingerprint density at radius 2 is 1.95 bits per heavy atom. The van der Waals surface area contributed by atoms with Gasteiger partial charge in [-0.2, -0.15) is 0 Å². The van der Waals surface area contributed by atoms with Crippen LogP contribution in [0.25, 0.3) is 0 Å². The summed E-state index contributed by atoms with van der Waals surface area (Å²) in [5, 5.41) is 2.73. The van der Waals surface area contributed by atoms with E-state index in [2.05, 4.69) is 5.32 Å². The molecule has 0 aliphatic heterocycles. The van der Waals surface area contributed by atoms with Gasteiger partial charge in [0.1, 0.15) is 6.54 Å². The number of hydrogen-bond donors (Lipinski definition) is 2. The molecule has 5 nitrogen and oxygen atoms in total. The SMILES string of the molecule is Cc1sc(=O)n(CC(=O)Nc2ccc(N)cc2)c1C. The maximum absolute atomic E-state index is 11.9. The van der Waals surface area contributed by atoms with Crippen LogP contribution in [0.15, 0.2) is 29.1 Å². The molecule has 100 valence electrons. The lowest BCUT2D eigenvalue weighted by molar-refractivity contribution is -0.116. The smallest absolute Gasteiger partial charge is 0.308 e. The first-order valence-electron chi connectivity index (χ1n) is 5.79. The summed E-state index contributed by atoms with van der Waals surface area (Å²) in [6, 6.07) is 6.87. The number of aryl methyl sites for hydroxylation is 1. The van der Waals surface area contributed by atoms with Crippen molar-refractivity contribution in [3.63, 3.8) is 0 Å². The van der Waals surface area contributed by atoms with Crippen molar-refractivity contribution in [3.05, 3.63) is 44.5 Å². The molecule has 2 rings (SSSR count). The highest BCUT2D eigenvalue weighted by Gasteiger charge is 2.11. The monoisotopic (exact) mass is 277 g/mol. The minimum Gasteiger partial charge on any atom is -0.399 e. The summed E-state index contributed by atoms with van der Waals surface area (Å²) in [6.45, 7) is 3.74. The number of hydrogen-bond acceptors (Lipinski definition) is 4. The van der Waals surface area contributed by atoms with E-state index in [1.165, 1.54) is 4.57 Å². The number of thiazole rings is 1. The lowest BCUT2D eigenvalue weighted by Gasteiger charge is -2.07. The Balaban J connectivity index is 2.09. The lowest BCUT2D eigenvalue weighted by Crippen LogP contribution is -2.25. The highest BCUT2D eigenvalue weighted by Crippen LogP contribution is 2.12. The molecule has 0 radical (unpaired) electrons. The third-order valence-electron chi connectivity index (χ3n) is 2.87. The van der Waals surface area contributed by atoms with Crippen LogP contribution in [0.3, 0.4) is 0 Å². The topological polar surface area (TPSA) is 77.1 Å². The van der Waals surface area contributed by atoms with Gasteiger partial charge >= 0.3 is 4.87 Å². The molecule has 0 unspecified atom stereocenters. The first-order chi connectivity index (χ1) is 8.97. The molecule has 2 aromatic rings. The molecule has 0 bridgehead atoms. The molecule has 0 saturated carbocycles. The predicted octanol–water partition coefficient (Wildman–Crippen LogP) is 1.75. The van der Waals surface area contributed by atoms with Crippen LogP contribution in [0.2, 0.25) is 0 Å². The molecule has 1 aromatic heterocycles. The average molecular weight is 277 g/mol. The van der Waals surface area contributed by atoms with Crippen molar-refractivity contribution in [3.8, 4) is 0 Å². The molecule has 0 atom stereocenters. The van der Waals surface area contributed by atoms with Crippen LogP contribution < -0.4 is 15.9 Å². The van der Waals surface area contributed by atoms with Gasteiger partial charge in [0.25, 0.3) is 0 Å². The molecule has 0 spiro atoms. The molecule has 1 aromatic carbocycles. The Labute approximate surface area is 114 Å². The summed E-state index contributed by atoms with van der Waals surface area (Å²) in [6.07, 6.45) is 0. The van der Waals surface area contributed by atoms with E-state index in [9.17, 15) is 9.59 Å². The fourth-order valence-electron chi connectivity index (χ4n) is 1.68. The zero-order chi connectivity index (χ0) is 14.0. The van der Waals surface area contributed by atoms with E-state index in [1.807, 2.05) is 13.8 Å². The summed E-state index contributed by atoms with van der Waals surface area (Å²) in [5.41, 5.74) is 7.70. The summed E-state index contributed by atoms with van der Waals surface area (Å²) in [7, 11) is 0. The van der Waals surface area contributed by atoms with E-state index in [-0.39, 0.29) is 17.3 Å². The fraction of sp³-hybridized carbons (Fsp3) is 0.231. The lowest BCUT2D eigenvalue weighted by atomic mass is 10.3. The largest absolute Gasteiger partial charge is 0.399 e. The molecular weight excluding hydrogens is 262 g/mol. The third-order valence-corrected chi connectivity index (χ3v) is 3.87. The van der Waals surface area contributed by atoms with Crippen molar-refractivity contribution >= 4 is 28.6 Å². The van der Waals surface area contributed by atoms with E-state index < -0.39 is 0 Å². The molecule has 0 aliphatic carbocycles. The Morgan fingerprint density at radius 1 is 1.32 bits per heavy atom. The van der Waals surface area contributed by atoms with Gasteiger partial charge in [0.05, 0.1) is 0 Å². The summed E-state index contributed by atoms with van der Waals surface area (Å²) in [5.74, 6) is -0.229. The minimum absolute atomic E-state index is 0.0272. The molecule has 6 heteroatoms. The molecule has 0 fully saturated rings. The normalized spacial score (nSPS) is 10.4. The number of nitrogens with zero attached hydrogens (tertiary/aromatic N) is 1. The number of nitrogens with two attached hydrogens (primary N) is 1. The second kappa shape index (κ2) is 5.27. The number of anilines is 2. The van der Waals surface area contributed by atoms with E-state index >= 15 is 0 Å². The number of carbonyl (C=O) groups excluding carboxylic acids is 1. The standard InChI is InChI=1S/C13H15N3O2S/c1-8-9(2)19-13(18)16(8)7-12(17)15-11-5-3-10(14)4-6-11/h3-6H,7,14H2,1-2H3,(H,15,17). The van der Waals surface area contributed by atoms with Crippen LogP contribution in [0.5, 0.6) is 0 Å². The van der Waals surface area contributed by atoms with Gasteiger partial charge in [-0.25, -0.2) is 0 Å². The van der Waals surface area contributed by atoms with Gasteiger partial charge in [-0.15, -0.1) is 0 Å². The van der Waals surface area contributed by atoms with Gasteiger partial charge in [-0.1, -0.05) is 11.3 Å². The van der Waals surface area contributed by atoms with Gasteiger partial charge in [0, 0.05) is 21.9 Å². The van der Waals surface area contributed by atoms with E-state index in [0.717, 1.165) is 21.9 Å². The number of aromatic nitrogens is 1. The molecule has 0 aliphatic rings. The molecule has 1 amide bonds. The Hall–Kier alpha value is -2.08. The first-order valence-corrected chi connectivity index (χ1v) is 6.61. The number of benzene rings is 1. The third kappa shape index (κ3) is 3.03. The van der Waals surface area contributed by atoms with Crippen LogP contribution in [0, 0.1) is 13.8 Å². The number of carbonyl (C=O) groups is 1. The van der Waals surface area contributed by atoms with Crippen LogP contribution in [0.1, 0.15) is 10.6 Å². The second-order valence-corrected chi connectivity index (χ2v) is 5.43. The molecule has 1 heterocycles. The quantitative estimate of drug-likeness (QED) is 0.839. The van der Waals surface area contributed by atoms with E-state index in [1.54, 1.807) is 24.3 Å². The predicted molar refractivity (Wildman–Crippen MR) is 77.5 cm³/mol. The van der Waals surface area contributed by atoms with Crippen LogP contribution >= 0.6 is 11.3 Å². The summed E-state index contributed by atoms with van der Waals surface area (Å²) >= 11 is 1.16.